The second kappa shape index (κ2) is 13.5. The van der Waals surface area contributed by atoms with Crippen LogP contribution in [0.25, 0.3) is 0 Å². The van der Waals surface area contributed by atoms with E-state index in [0.29, 0.717) is 0 Å². The van der Waals surface area contributed by atoms with Crippen LogP contribution in [0.5, 0.6) is 0 Å². The Balaban J connectivity index is 0. The van der Waals surface area contributed by atoms with Crippen molar-refractivity contribution >= 4 is 5.97 Å². The maximum absolute atomic E-state index is 10.1. The van der Waals surface area contributed by atoms with Crippen molar-refractivity contribution in [1.82, 2.24) is 0 Å². The van der Waals surface area contributed by atoms with Gasteiger partial charge < -0.3 is 9.90 Å². The van der Waals surface area contributed by atoms with E-state index in [0.717, 1.165) is 18.8 Å². The van der Waals surface area contributed by atoms with Gasteiger partial charge in [0.15, 0.2) is 0 Å². The van der Waals surface area contributed by atoms with E-state index in [1.807, 2.05) is 0 Å². The average Bonchev–Trinajstić information content (AvgIpc) is 2.14. The first kappa shape index (κ1) is 18.8. The molecule has 0 atom stereocenters. The molecule has 0 aliphatic heterocycles. The summed E-state index contributed by atoms with van der Waals surface area (Å²) in [6.07, 6.45) is 9.80. The van der Waals surface area contributed by atoms with Crippen molar-refractivity contribution in [2.45, 2.75) is 71.6 Å². The maximum Gasteiger partial charge on any atom is 1.00 e. The first-order valence-corrected chi connectivity index (χ1v) is 6.32. The fourth-order valence-corrected chi connectivity index (χ4v) is 1.71. The number of unbranched alkanes of at least 4 members (excludes halogenated alkanes) is 6. The maximum atomic E-state index is 10.1. The van der Waals surface area contributed by atoms with Crippen LogP contribution < -0.4 is 34.7 Å². The van der Waals surface area contributed by atoms with E-state index in [4.69, 9.17) is 0 Å². The minimum absolute atomic E-state index is 0. The summed E-state index contributed by atoms with van der Waals surface area (Å²) in [6, 6.07) is 0. The third kappa shape index (κ3) is 16.9. The molecule has 0 saturated carbocycles. The van der Waals surface area contributed by atoms with Crippen LogP contribution in [0.2, 0.25) is 0 Å². The molecule has 0 amide bonds. The van der Waals surface area contributed by atoms with Crippen LogP contribution in [-0.4, -0.2) is 5.97 Å². The largest absolute Gasteiger partial charge is 1.00 e. The quantitative estimate of drug-likeness (QED) is 0.393. The molecule has 0 fully saturated rings. The molecular formula is C13H25NaO2. The van der Waals surface area contributed by atoms with Gasteiger partial charge in [-0.2, -0.15) is 0 Å². The Morgan fingerprint density at radius 1 is 0.938 bits per heavy atom. The number of rotatable bonds is 10. The summed E-state index contributed by atoms with van der Waals surface area (Å²) in [5.74, 6) is -0.0833. The molecule has 0 spiro atoms. The van der Waals surface area contributed by atoms with E-state index in [2.05, 4.69) is 13.8 Å². The van der Waals surface area contributed by atoms with Crippen LogP contribution in [0.15, 0.2) is 0 Å². The SMILES string of the molecule is CC(C)CCCCCCCCCC(=O)[O-].[Na+]. The Morgan fingerprint density at radius 2 is 1.38 bits per heavy atom. The molecule has 0 heterocycles. The molecule has 0 aromatic carbocycles. The smallest absolute Gasteiger partial charge is 0.550 e. The van der Waals surface area contributed by atoms with Gasteiger partial charge in [0, 0.05) is 5.97 Å². The van der Waals surface area contributed by atoms with Crippen LogP contribution in [-0.2, 0) is 4.79 Å². The van der Waals surface area contributed by atoms with Crippen molar-refractivity contribution in [3.05, 3.63) is 0 Å². The fourth-order valence-electron chi connectivity index (χ4n) is 1.71. The van der Waals surface area contributed by atoms with E-state index in [1.54, 1.807) is 0 Å². The summed E-state index contributed by atoms with van der Waals surface area (Å²) < 4.78 is 0. The van der Waals surface area contributed by atoms with Gasteiger partial charge in [-0.05, 0) is 18.8 Å². The van der Waals surface area contributed by atoms with Crippen LogP contribution in [0.1, 0.15) is 71.6 Å². The molecule has 0 aromatic rings. The predicted octanol–water partition coefficient (Wildman–Crippen LogP) is -0.0928. The fraction of sp³-hybridized carbons (Fsp3) is 0.923. The summed E-state index contributed by atoms with van der Waals surface area (Å²) >= 11 is 0. The molecule has 0 rings (SSSR count). The molecule has 0 bridgehead atoms. The van der Waals surface area contributed by atoms with Gasteiger partial charge in [0.05, 0.1) is 0 Å². The van der Waals surface area contributed by atoms with Crippen LogP contribution in [0.4, 0.5) is 0 Å². The summed E-state index contributed by atoms with van der Waals surface area (Å²) in [7, 11) is 0. The second-order valence-electron chi connectivity index (χ2n) is 4.78. The number of aliphatic carboxylic acids is 1. The molecule has 3 heteroatoms. The van der Waals surface area contributed by atoms with Crippen molar-refractivity contribution in [2.75, 3.05) is 0 Å². The zero-order valence-electron chi connectivity index (χ0n) is 11.3. The molecule has 0 aliphatic carbocycles. The van der Waals surface area contributed by atoms with Crippen LogP contribution in [0, 0.1) is 5.92 Å². The molecule has 0 unspecified atom stereocenters. The molecular weight excluding hydrogens is 211 g/mol. The third-order valence-electron chi connectivity index (χ3n) is 2.66. The van der Waals surface area contributed by atoms with Gasteiger partial charge in [-0.3, -0.25) is 0 Å². The number of hydrogen-bond donors (Lipinski definition) is 0. The monoisotopic (exact) mass is 236 g/mol. The van der Waals surface area contributed by atoms with Crippen LogP contribution >= 0.6 is 0 Å². The number of hydrogen-bond acceptors (Lipinski definition) is 2. The topological polar surface area (TPSA) is 40.1 Å². The number of carbonyl (C=O) groups excluding carboxylic acids is 1. The van der Waals surface area contributed by atoms with Gasteiger partial charge in [-0.15, -0.1) is 0 Å². The van der Waals surface area contributed by atoms with Crippen LogP contribution in [0.3, 0.4) is 0 Å². The summed E-state index contributed by atoms with van der Waals surface area (Å²) in [6.45, 7) is 4.53. The Hall–Kier alpha value is 0.470. The molecule has 0 aliphatic rings. The minimum Gasteiger partial charge on any atom is -0.550 e. The van der Waals surface area contributed by atoms with Gasteiger partial charge in [-0.25, -0.2) is 0 Å². The molecule has 90 valence electrons. The van der Waals surface area contributed by atoms with Gasteiger partial charge in [0.25, 0.3) is 0 Å². The number of carboxylic acids is 1. The van der Waals surface area contributed by atoms with Gasteiger partial charge in [-0.1, -0.05) is 58.8 Å². The first-order chi connectivity index (χ1) is 7.13. The third-order valence-corrected chi connectivity index (χ3v) is 2.66. The summed E-state index contributed by atoms with van der Waals surface area (Å²) in [4.78, 5) is 10.1. The Bertz CT molecular complexity index is 158. The van der Waals surface area contributed by atoms with E-state index < -0.39 is 5.97 Å². The van der Waals surface area contributed by atoms with E-state index in [1.165, 1.54) is 38.5 Å². The standard InChI is InChI=1S/C13H26O2.Na/c1-12(2)10-8-6-4-3-5-7-9-11-13(14)15;/h12H,3-11H2,1-2H3,(H,14,15);/q;+1/p-1. The van der Waals surface area contributed by atoms with Gasteiger partial charge in [0.1, 0.15) is 0 Å². The van der Waals surface area contributed by atoms with Crippen molar-refractivity contribution in [2.24, 2.45) is 5.92 Å². The Morgan fingerprint density at radius 3 is 1.81 bits per heavy atom. The zero-order chi connectivity index (χ0) is 11.5. The minimum atomic E-state index is -0.910. The number of carbonyl (C=O) groups is 1. The normalized spacial score (nSPS) is 10.2. The molecule has 0 radical (unpaired) electrons. The summed E-state index contributed by atoms with van der Waals surface area (Å²) in [5, 5.41) is 10.1. The Labute approximate surface area is 122 Å². The van der Waals surface area contributed by atoms with Crippen molar-refractivity contribution in [3.8, 4) is 0 Å². The number of carboxylic acid groups (broad SMARTS) is 1. The van der Waals surface area contributed by atoms with E-state index >= 15 is 0 Å². The summed E-state index contributed by atoms with van der Waals surface area (Å²) in [5.41, 5.74) is 0. The second-order valence-corrected chi connectivity index (χ2v) is 4.78. The molecule has 0 saturated heterocycles. The zero-order valence-corrected chi connectivity index (χ0v) is 13.3. The average molecular weight is 236 g/mol. The molecule has 0 aromatic heterocycles. The Kier molecular flexibility index (Phi) is 15.9. The van der Waals surface area contributed by atoms with E-state index in [-0.39, 0.29) is 36.0 Å². The van der Waals surface area contributed by atoms with E-state index in [9.17, 15) is 9.90 Å². The predicted molar refractivity (Wildman–Crippen MR) is 61.4 cm³/mol. The molecule has 16 heavy (non-hydrogen) atoms. The molecule has 0 N–H and O–H groups in total. The van der Waals surface area contributed by atoms with Crippen molar-refractivity contribution in [1.29, 1.82) is 0 Å². The first-order valence-electron chi connectivity index (χ1n) is 6.32. The van der Waals surface area contributed by atoms with Gasteiger partial charge >= 0.3 is 29.6 Å². The van der Waals surface area contributed by atoms with Gasteiger partial charge in [0.2, 0.25) is 0 Å². The van der Waals surface area contributed by atoms with Crippen molar-refractivity contribution < 1.29 is 39.5 Å². The molecule has 2 nitrogen and oxygen atoms in total. The van der Waals surface area contributed by atoms with Crippen molar-refractivity contribution in [3.63, 3.8) is 0 Å².